The number of sulfonamides is 1. The first-order chi connectivity index (χ1) is 7.54. The summed E-state index contributed by atoms with van der Waals surface area (Å²) in [4.78, 5) is 1.39. The maximum atomic E-state index is 11.8. The summed E-state index contributed by atoms with van der Waals surface area (Å²) in [5.74, 6) is 0.950. The van der Waals surface area contributed by atoms with Crippen LogP contribution in [-0.2, 0) is 16.6 Å². The monoisotopic (exact) mass is 257 g/mol. The first-order valence-corrected chi connectivity index (χ1v) is 7.77. The molecule has 1 heterocycles. The van der Waals surface area contributed by atoms with Crippen molar-refractivity contribution in [1.82, 2.24) is 4.72 Å². The SMILES string of the molecule is CCCSc1cc(C)cc2c1S(=O)(=O)NC2. The number of benzene rings is 1. The van der Waals surface area contributed by atoms with E-state index >= 15 is 0 Å². The second kappa shape index (κ2) is 4.39. The molecule has 0 atom stereocenters. The predicted octanol–water partition coefficient (Wildman–Crippen LogP) is 2.29. The maximum Gasteiger partial charge on any atom is 0.242 e. The Hall–Kier alpha value is -0.520. The largest absolute Gasteiger partial charge is 0.242 e. The summed E-state index contributed by atoms with van der Waals surface area (Å²) in [6.07, 6.45) is 1.04. The van der Waals surface area contributed by atoms with Crippen LogP contribution in [0.2, 0.25) is 0 Å². The fraction of sp³-hybridized carbons (Fsp3) is 0.455. The zero-order chi connectivity index (χ0) is 11.8. The van der Waals surface area contributed by atoms with Crippen LogP contribution in [0.25, 0.3) is 0 Å². The van der Waals surface area contributed by atoms with Crippen molar-refractivity contribution in [2.24, 2.45) is 0 Å². The van der Waals surface area contributed by atoms with Gasteiger partial charge in [-0.1, -0.05) is 13.0 Å². The van der Waals surface area contributed by atoms with Crippen molar-refractivity contribution in [3.05, 3.63) is 23.3 Å². The summed E-state index contributed by atoms with van der Waals surface area (Å²) in [6, 6.07) is 3.91. The molecule has 1 N–H and O–H groups in total. The van der Waals surface area contributed by atoms with Gasteiger partial charge < -0.3 is 0 Å². The van der Waals surface area contributed by atoms with Crippen molar-refractivity contribution >= 4 is 21.8 Å². The summed E-state index contributed by atoms with van der Waals surface area (Å²) in [7, 11) is -3.25. The third-order valence-electron chi connectivity index (χ3n) is 2.46. The molecule has 0 radical (unpaired) electrons. The second-order valence-corrected chi connectivity index (χ2v) is 6.76. The molecule has 0 saturated carbocycles. The Morgan fingerprint density at radius 3 is 2.88 bits per heavy atom. The highest BCUT2D eigenvalue weighted by Crippen LogP contribution is 2.34. The van der Waals surface area contributed by atoms with Crippen molar-refractivity contribution < 1.29 is 8.42 Å². The molecule has 0 amide bonds. The van der Waals surface area contributed by atoms with Gasteiger partial charge >= 0.3 is 0 Å². The van der Waals surface area contributed by atoms with Gasteiger partial charge in [-0.2, -0.15) is 0 Å². The molecule has 0 unspecified atom stereocenters. The summed E-state index contributed by atoms with van der Waals surface area (Å²) in [5.41, 5.74) is 2.02. The summed E-state index contributed by atoms with van der Waals surface area (Å²) in [6.45, 7) is 4.52. The number of nitrogens with one attached hydrogen (secondary N) is 1. The average molecular weight is 257 g/mol. The van der Waals surface area contributed by atoms with Gasteiger partial charge in [-0.05, 0) is 36.3 Å². The van der Waals surface area contributed by atoms with Crippen LogP contribution in [0.4, 0.5) is 0 Å². The van der Waals surface area contributed by atoms with Gasteiger partial charge in [-0.3, -0.25) is 0 Å². The number of aryl methyl sites for hydroxylation is 1. The zero-order valence-electron chi connectivity index (χ0n) is 9.41. The number of hydrogen-bond donors (Lipinski definition) is 1. The van der Waals surface area contributed by atoms with Crippen molar-refractivity contribution in [3.8, 4) is 0 Å². The number of hydrogen-bond acceptors (Lipinski definition) is 3. The van der Waals surface area contributed by atoms with E-state index in [1.165, 1.54) is 0 Å². The molecule has 88 valence electrons. The van der Waals surface area contributed by atoms with Crippen LogP contribution in [0.5, 0.6) is 0 Å². The van der Waals surface area contributed by atoms with Gasteiger partial charge in [0.05, 0.1) is 0 Å². The molecule has 0 aliphatic carbocycles. The molecule has 1 aliphatic heterocycles. The summed E-state index contributed by atoms with van der Waals surface area (Å²) in [5, 5.41) is 0. The highest BCUT2D eigenvalue weighted by molar-refractivity contribution is 8.00. The molecule has 16 heavy (non-hydrogen) atoms. The lowest BCUT2D eigenvalue weighted by Gasteiger charge is -2.07. The quantitative estimate of drug-likeness (QED) is 0.845. The molecule has 3 nitrogen and oxygen atoms in total. The van der Waals surface area contributed by atoms with Crippen LogP contribution in [-0.4, -0.2) is 14.2 Å². The Kier molecular flexibility index (Phi) is 3.28. The number of thioether (sulfide) groups is 1. The lowest BCUT2D eigenvalue weighted by molar-refractivity contribution is 0.588. The van der Waals surface area contributed by atoms with E-state index in [-0.39, 0.29) is 0 Å². The second-order valence-electron chi connectivity index (χ2n) is 3.92. The lowest BCUT2D eigenvalue weighted by atomic mass is 10.1. The molecule has 0 bridgehead atoms. The summed E-state index contributed by atoms with van der Waals surface area (Å²) >= 11 is 1.62. The number of fused-ring (bicyclic) bond motifs is 1. The highest BCUT2D eigenvalue weighted by Gasteiger charge is 2.28. The molecule has 0 saturated heterocycles. The van der Waals surface area contributed by atoms with E-state index in [1.807, 2.05) is 19.1 Å². The minimum absolute atomic E-state index is 0.430. The fourth-order valence-corrected chi connectivity index (χ4v) is 4.56. The van der Waals surface area contributed by atoms with Crippen molar-refractivity contribution in [1.29, 1.82) is 0 Å². The topological polar surface area (TPSA) is 46.2 Å². The van der Waals surface area contributed by atoms with Gasteiger partial charge in [0.2, 0.25) is 10.0 Å². The van der Waals surface area contributed by atoms with Crippen LogP contribution in [0.1, 0.15) is 24.5 Å². The van der Waals surface area contributed by atoms with Gasteiger partial charge in [-0.25, -0.2) is 13.1 Å². The van der Waals surface area contributed by atoms with Gasteiger partial charge in [-0.15, -0.1) is 11.8 Å². The van der Waals surface area contributed by atoms with E-state index < -0.39 is 10.0 Å². The summed E-state index contributed by atoms with van der Waals surface area (Å²) < 4.78 is 26.2. The first kappa shape index (κ1) is 12.0. The van der Waals surface area contributed by atoms with Crippen molar-refractivity contribution in [2.75, 3.05) is 5.75 Å². The van der Waals surface area contributed by atoms with Gasteiger partial charge in [0, 0.05) is 11.4 Å². The highest BCUT2D eigenvalue weighted by atomic mass is 32.2. The van der Waals surface area contributed by atoms with E-state index in [2.05, 4.69) is 11.6 Å². The third-order valence-corrected chi connectivity index (χ3v) is 5.38. The van der Waals surface area contributed by atoms with E-state index in [0.29, 0.717) is 11.4 Å². The molecule has 0 aromatic heterocycles. The fourth-order valence-electron chi connectivity index (χ4n) is 1.81. The van der Waals surface area contributed by atoms with Gasteiger partial charge in [0.15, 0.2) is 0 Å². The Labute approximate surface area is 101 Å². The van der Waals surface area contributed by atoms with Crippen molar-refractivity contribution in [2.45, 2.75) is 36.6 Å². The predicted molar refractivity (Wildman–Crippen MR) is 66.2 cm³/mol. The maximum absolute atomic E-state index is 11.8. The first-order valence-electron chi connectivity index (χ1n) is 5.30. The molecular formula is C11H15NO2S2. The minimum Gasteiger partial charge on any atom is -0.207 e. The zero-order valence-corrected chi connectivity index (χ0v) is 11.0. The smallest absolute Gasteiger partial charge is 0.207 e. The minimum atomic E-state index is -3.25. The van der Waals surface area contributed by atoms with E-state index in [9.17, 15) is 8.42 Å². The van der Waals surface area contributed by atoms with Crippen LogP contribution in [0.15, 0.2) is 21.9 Å². The molecule has 2 rings (SSSR count). The third kappa shape index (κ3) is 2.12. The van der Waals surface area contributed by atoms with E-state index in [1.54, 1.807) is 11.8 Å². The van der Waals surface area contributed by atoms with E-state index in [0.717, 1.165) is 28.2 Å². The Morgan fingerprint density at radius 2 is 2.19 bits per heavy atom. The van der Waals surface area contributed by atoms with Gasteiger partial charge in [0.25, 0.3) is 0 Å². The van der Waals surface area contributed by atoms with Crippen LogP contribution >= 0.6 is 11.8 Å². The molecule has 0 spiro atoms. The molecule has 5 heteroatoms. The Balaban J connectivity index is 2.52. The molecule has 1 aromatic carbocycles. The van der Waals surface area contributed by atoms with Gasteiger partial charge in [0.1, 0.15) is 4.90 Å². The van der Waals surface area contributed by atoms with Crippen LogP contribution in [0.3, 0.4) is 0 Å². The molecule has 1 aromatic rings. The van der Waals surface area contributed by atoms with E-state index in [4.69, 9.17) is 0 Å². The van der Waals surface area contributed by atoms with Crippen LogP contribution < -0.4 is 4.72 Å². The van der Waals surface area contributed by atoms with Crippen molar-refractivity contribution in [3.63, 3.8) is 0 Å². The van der Waals surface area contributed by atoms with Crippen LogP contribution in [0, 0.1) is 6.92 Å². The average Bonchev–Trinajstić information content (AvgIpc) is 2.51. The molecule has 1 aliphatic rings. The molecular weight excluding hydrogens is 242 g/mol. The Bertz CT molecular complexity index is 509. The lowest BCUT2D eigenvalue weighted by Crippen LogP contribution is -2.14. The normalized spacial score (nSPS) is 17.4. The molecule has 0 fully saturated rings. The number of rotatable bonds is 3. The Morgan fingerprint density at radius 1 is 1.44 bits per heavy atom. The standard InChI is InChI=1S/C11H15NO2S2/c1-3-4-15-10-6-8(2)5-9-7-12-16(13,14)11(9)10/h5-6,12H,3-4,7H2,1-2H3.